The summed E-state index contributed by atoms with van der Waals surface area (Å²) < 4.78 is 5.18. The van der Waals surface area contributed by atoms with Crippen LogP contribution in [0.3, 0.4) is 0 Å². The third-order valence-electron chi connectivity index (χ3n) is 5.08. The summed E-state index contributed by atoms with van der Waals surface area (Å²) in [6, 6.07) is 10.3. The largest absolute Gasteiger partial charge is 0.480 e. The molecule has 0 atom stereocenters. The predicted octanol–water partition coefficient (Wildman–Crippen LogP) is 2.51. The number of methoxy groups -OCH3 is 1. The van der Waals surface area contributed by atoms with Gasteiger partial charge in [0.25, 0.3) is 17.4 Å². The number of hydrogen-bond acceptors (Lipinski definition) is 5. The zero-order valence-corrected chi connectivity index (χ0v) is 15.8. The Morgan fingerprint density at radius 3 is 2.32 bits per heavy atom. The molecule has 7 nitrogen and oxygen atoms in total. The Morgan fingerprint density at radius 2 is 1.71 bits per heavy atom. The molecular weight excluding hydrogens is 358 g/mol. The second-order valence-corrected chi connectivity index (χ2v) is 7.42. The molecular formula is C21H19N3O4. The molecule has 2 amide bonds. The number of carbonyl (C=O) groups is 2. The van der Waals surface area contributed by atoms with Crippen LogP contribution in [0.5, 0.6) is 5.88 Å². The number of nitrogens with one attached hydrogen (secondary N) is 1. The minimum Gasteiger partial charge on any atom is -0.480 e. The van der Waals surface area contributed by atoms with Gasteiger partial charge in [0.2, 0.25) is 5.88 Å². The van der Waals surface area contributed by atoms with Crippen molar-refractivity contribution < 1.29 is 14.3 Å². The highest BCUT2D eigenvalue weighted by Crippen LogP contribution is 2.30. The number of benzene rings is 1. The van der Waals surface area contributed by atoms with Crippen LogP contribution in [0.1, 0.15) is 40.3 Å². The van der Waals surface area contributed by atoms with Gasteiger partial charge in [0.15, 0.2) is 0 Å². The van der Waals surface area contributed by atoms with E-state index >= 15 is 0 Å². The zero-order valence-electron chi connectivity index (χ0n) is 15.8. The van der Waals surface area contributed by atoms with E-state index in [1.54, 1.807) is 36.5 Å². The first-order valence-corrected chi connectivity index (χ1v) is 8.85. The summed E-state index contributed by atoms with van der Waals surface area (Å²) in [5.74, 6) is -0.381. The third kappa shape index (κ3) is 2.67. The van der Waals surface area contributed by atoms with Crippen LogP contribution < -0.4 is 10.3 Å². The molecule has 1 aliphatic heterocycles. The number of H-pyrrole nitrogens is 1. The normalized spacial score (nSPS) is 13.9. The number of nitrogens with zero attached hydrogens (tertiary/aromatic N) is 2. The van der Waals surface area contributed by atoms with E-state index in [2.05, 4.69) is 9.97 Å². The fourth-order valence-corrected chi connectivity index (χ4v) is 3.56. The van der Waals surface area contributed by atoms with Crippen LogP contribution in [-0.2, 0) is 5.41 Å². The summed E-state index contributed by atoms with van der Waals surface area (Å²) >= 11 is 0. The maximum absolute atomic E-state index is 12.7. The average Bonchev–Trinajstić information content (AvgIpc) is 2.92. The van der Waals surface area contributed by atoms with Crippen LogP contribution in [0.25, 0.3) is 10.8 Å². The first kappa shape index (κ1) is 17.9. The number of ether oxygens (including phenoxy) is 1. The van der Waals surface area contributed by atoms with Crippen molar-refractivity contribution in [3.63, 3.8) is 0 Å². The summed E-state index contributed by atoms with van der Waals surface area (Å²) in [7, 11) is 1.46. The van der Waals surface area contributed by atoms with Gasteiger partial charge < -0.3 is 9.72 Å². The molecule has 28 heavy (non-hydrogen) atoms. The van der Waals surface area contributed by atoms with Crippen molar-refractivity contribution >= 4 is 22.6 Å². The molecule has 2 aromatic heterocycles. The van der Waals surface area contributed by atoms with Crippen molar-refractivity contribution in [2.45, 2.75) is 19.3 Å². The Balaban J connectivity index is 1.73. The Hall–Kier alpha value is -3.48. The number of aromatic nitrogens is 2. The van der Waals surface area contributed by atoms with Crippen LogP contribution in [0.2, 0.25) is 0 Å². The molecule has 1 aromatic carbocycles. The zero-order chi connectivity index (χ0) is 20.1. The van der Waals surface area contributed by atoms with Crippen molar-refractivity contribution in [3.8, 4) is 5.88 Å². The second kappa shape index (κ2) is 6.30. The van der Waals surface area contributed by atoms with E-state index in [4.69, 9.17) is 4.74 Å². The van der Waals surface area contributed by atoms with Crippen LogP contribution >= 0.6 is 0 Å². The number of fused-ring (bicyclic) bond motifs is 2. The molecule has 0 saturated heterocycles. The molecule has 0 bridgehead atoms. The van der Waals surface area contributed by atoms with Crippen molar-refractivity contribution in [1.29, 1.82) is 0 Å². The number of amides is 2. The Kier molecular flexibility index (Phi) is 4.03. The van der Waals surface area contributed by atoms with Gasteiger partial charge >= 0.3 is 0 Å². The molecule has 0 spiro atoms. The lowest BCUT2D eigenvalue weighted by Gasteiger charge is -2.29. The monoisotopic (exact) mass is 377 g/mol. The minimum atomic E-state index is -0.669. The molecule has 0 aliphatic carbocycles. The van der Waals surface area contributed by atoms with E-state index in [9.17, 15) is 14.4 Å². The van der Waals surface area contributed by atoms with E-state index in [1.807, 2.05) is 19.9 Å². The number of pyridine rings is 2. The van der Waals surface area contributed by atoms with Gasteiger partial charge in [-0.2, -0.15) is 0 Å². The topological polar surface area (TPSA) is 92.4 Å². The highest BCUT2D eigenvalue weighted by molar-refractivity contribution is 6.21. The van der Waals surface area contributed by atoms with Gasteiger partial charge in [0.05, 0.1) is 18.2 Å². The van der Waals surface area contributed by atoms with Crippen LogP contribution in [-0.4, -0.2) is 40.3 Å². The Morgan fingerprint density at radius 1 is 1.07 bits per heavy atom. The molecule has 4 rings (SSSR count). The number of hydrogen-bond donors (Lipinski definition) is 1. The summed E-state index contributed by atoms with van der Waals surface area (Å²) in [6.07, 6.45) is 1.57. The summed E-state index contributed by atoms with van der Waals surface area (Å²) in [5.41, 5.74) is 0.442. The standard InChI is InChI=1S/C21H19N3O4/c1-21(2,11-24-19(26)13-6-4-5-7-14(13)20(24)27)15-10-12-8-9-22-18(28-3)16(12)17(25)23-15/h4-10H,11H2,1-3H3,(H,23,25). The van der Waals surface area contributed by atoms with E-state index in [-0.39, 0.29) is 29.8 Å². The maximum atomic E-state index is 12.7. The van der Waals surface area contributed by atoms with E-state index in [1.165, 1.54) is 12.0 Å². The molecule has 3 heterocycles. The lowest BCUT2D eigenvalue weighted by molar-refractivity contribution is 0.0622. The lowest BCUT2D eigenvalue weighted by atomic mass is 9.87. The van der Waals surface area contributed by atoms with Crippen molar-refractivity contribution in [2.75, 3.05) is 13.7 Å². The molecule has 142 valence electrons. The quantitative estimate of drug-likeness (QED) is 0.705. The lowest BCUT2D eigenvalue weighted by Crippen LogP contribution is -2.41. The molecule has 0 fully saturated rings. The Labute approximate surface area is 161 Å². The number of carbonyl (C=O) groups excluding carboxylic acids is 2. The highest BCUT2D eigenvalue weighted by atomic mass is 16.5. The molecule has 7 heteroatoms. The molecule has 1 aliphatic rings. The smallest absolute Gasteiger partial charge is 0.261 e. The van der Waals surface area contributed by atoms with E-state index in [0.717, 1.165) is 0 Å². The van der Waals surface area contributed by atoms with Crippen molar-refractivity contribution in [1.82, 2.24) is 14.9 Å². The van der Waals surface area contributed by atoms with Crippen LogP contribution in [0, 0.1) is 0 Å². The molecule has 0 radical (unpaired) electrons. The SMILES string of the molecule is COc1nccc2cc(C(C)(C)CN3C(=O)c4ccccc4C3=O)[nH]c(=O)c12. The highest BCUT2D eigenvalue weighted by Gasteiger charge is 2.39. The number of rotatable bonds is 4. The second-order valence-electron chi connectivity index (χ2n) is 7.42. The number of imide groups is 1. The van der Waals surface area contributed by atoms with E-state index in [0.29, 0.717) is 27.6 Å². The summed E-state index contributed by atoms with van der Waals surface area (Å²) in [4.78, 5) is 46.2. The fraction of sp³-hybridized carbons (Fsp3) is 0.238. The van der Waals surface area contributed by atoms with Crippen LogP contribution in [0.15, 0.2) is 47.4 Å². The van der Waals surface area contributed by atoms with Gasteiger partial charge in [-0.3, -0.25) is 19.3 Å². The van der Waals surface area contributed by atoms with Gasteiger partial charge in [-0.05, 0) is 29.7 Å². The summed E-state index contributed by atoms with van der Waals surface area (Å²) in [6.45, 7) is 3.90. The molecule has 3 aromatic rings. The molecule has 1 N–H and O–H groups in total. The first-order valence-electron chi connectivity index (χ1n) is 8.85. The van der Waals surface area contributed by atoms with Gasteiger partial charge in [-0.15, -0.1) is 0 Å². The first-order chi connectivity index (χ1) is 13.3. The summed E-state index contributed by atoms with van der Waals surface area (Å²) in [5, 5.41) is 1.05. The van der Waals surface area contributed by atoms with Crippen molar-refractivity contribution in [3.05, 3.63) is 69.8 Å². The van der Waals surface area contributed by atoms with E-state index < -0.39 is 5.41 Å². The fourth-order valence-electron chi connectivity index (χ4n) is 3.56. The number of aromatic amines is 1. The third-order valence-corrected chi connectivity index (χ3v) is 5.08. The Bertz CT molecular complexity index is 1140. The van der Waals surface area contributed by atoms with Gasteiger partial charge in [-0.1, -0.05) is 26.0 Å². The van der Waals surface area contributed by atoms with Gasteiger partial charge in [0, 0.05) is 23.9 Å². The average molecular weight is 377 g/mol. The van der Waals surface area contributed by atoms with Gasteiger partial charge in [0.1, 0.15) is 5.39 Å². The predicted molar refractivity (Wildman–Crippen MR) is 104 cm³/mol. The molecule has 0 saturated carbocycles. The van der Waals surface area contributed by atoms with Crippen LogP contribution in [0.4, 0.5) is 0 Å². The van der Waals surface area contributed by atoms with Crippen molar-refractivity contribution in [2.24, 2.45) is 0 Å². The minimum absolute atomic E-state index is 0.142. The molecule has 0 unspecified atom stereocenters. The maximum Gasteiger partial charge on any atom is 0.261 e. The van der Waals surface area contributed by atoms with Gasteiger partial charge in [-0.25, -0.2) is 4.98 Å².